The number of hydrogen-bond acceptors (Lipinski definition) is 5. The third-order valence-corrected chi connectivity index (χ3v) is 3.66. The third kappa shape index (κ3) is 4.92. The number of carbonyl (C=O) groups excluding carboxylic acids is 1. The van der Waals surface area contributed by atoms with E-state index in [-0.39, 0.29) is 18.1 Å². The molecule has 0 atom stereocenters. The van der Waals surface area contributed by atoms with Crippen LogP contribution >= 0.6 is 15.9 Å². The fourth-order valence-electron chi connectivity index (χ4n) is 1.79. The van der Waals surface area contributed by atoms with Gasteiger partial charge in [-0.25, -0.2) is 19.4 Å². The number of nitrogens with zero attached hydrogens (tertiary/aromatic N) is 5. The molecule has 0 unspecified atom stereocenters. The van der Waals surface area contributed by atoms with Crippen molar-refractivity contribution in [3.05, 3.63) is 46.4 Å². The highest BCUT2D eigenvalue weighted by molar-refractivity contribution is 9.10. The molecule has 9 heteroatoms. The first kappa shape index (κ1) is 17.7. The third-order valence-electron chi connectivity index (χ3n) is 2.92. The van der Waals surface area contributed by atoms with Crippen molar-refractivity contribution in [2.75, 3.05) is 17.4 Å². The van der Waals surface area contributed by atoms with Crippen LogP contribution in [0.5, 0.6) is 0 Å². The maximum Gasteiger partial charge on any atom is 0.229 e. The van der Waals surface area contributed by atoms with Crippen molar-refractivity contribution < 1.29 is 9.18 Å². The maximum absolute atomic E-state index is 13.1. The topological polar surface area (TPSA) is 82.8 Å². The normalized spacial score (nSPS) is 10.6. The molecular formula is C15H14BrFN6O. The Morgan fingerprint density at radius 3 is 2.96 bits per heavy atom. The van der Waals surface area contributed by atoms with Gasteiger partial charge >= 0.3 is 0 Å². The highest BCUT2D eigenvalue weighted by atomic mass is 79.9. The minimum atomic E-state index is -0.371. The van der Waals surface area contributed by atoms with Gasteiger partial charge in [0.1, 0.15) is 24.3 Å². The monoisotopic (exact) mass is 392 g/mol. The van der Waals surface area contributed by atoms with Gasteiger partial charge in [-0.2, -0.15) is 5.10 Å². The summed E-state index contributed by atoms with van der Waals surface area (Å²) in [6.07, 6.45) is 2.66. The molecule has 0 aliphatic rings. The van der Waals surface area contributed by atoms with Crippen molar-refractivity contribution in [1.29, 1.82) is 0 Å². The Morgan fingerprint density at radius 2 is 2.25 bits per heavy atom. The Morgan fingerprint density at radius 1 is 1.46 bits per heavy atom. The fourth-order valence-corrected chi connectivity index (χ4v) is 2.28. The molecule has 24 heavy (non-hydrogen) atoms. The van der Waals surface area contributed by atoms with Crippen molar-refractivity contribution in [2.45, 2.75) is 6.42 Å². The summed E-state index contributed by atoms with van der Waals surface area (Å²) in [5.74, 6) is 0.148. The summed E-state index contributed by atoms with van der Waals surface area (Å²) in [5, 5.41) is 8.08. The molecule has 0 aliphatic heterocycles. The summed E-state index contributed by atoms with van der Waals surface area (Å²) in [6.45, 7) is 3.29. The van der Waals surface area contributed by atoms with E-state index in [9.17, 15) is 9.18 Å². The van der Waals surface area contributed by atoms with Crippen LogP contribution in [-0.4, -0.2) is 36.0 Å². The molecule has 0 fully saturated rings. The molecule has 1 aromatic carbocycles. The van der Waals surface area contributed by atoms with Gasteiger partial charge in [0.05, 0.1) is 6.42 Å². The zero-order chi connectivity index (χ0) is 17.5. The second-order valence-corrected chi connectivity index (χ2v) is 5.51. The van der Waals surface area contributed by atoms with Gasteiger partial charge in [0.2, 0.25) is 5.91 Å². The summed E-state index contributed by atoms with van der Waals surface area (Å²) >= 11 is 3.23. The Labute approximate surface area is 146 Å². The van der Waals surface area contributed by atoms with Crippen LogP contribution in [-0.2, 0) is 11.2 Å². The number of hydrazone groups is 1. The van der Waals surface area contributed by atoms with Crippen LogP contribution in [0.2, 0.25) is 0 Å². The first-order valence-electron chi connectivity index (χ1n) is 6.77. The number of benzene rings is 1. The fraction of sp³-hybridized carbons (Fsp3) is 0.133. The quantitative estimate of drug-likeness (QED) is 0.465. The Bertz CT molecular complexity index is 782. The van der Waals surface area contributed by atoms with Crippen LogP contribution in [0.4, 0.5) is 16.0 Å². The minimum absolute atomic E-state index is 0.0780. The van der Waals surface area contributed by atoms with Crippen molar-refractivity contribution >= 4 is 46.5 Å². The number of carbonyl (C=O) groups is 1. The zero-order valence-corrected chi connectivity index (χ0v) is 14.4. The van der Waals surface area contributed by atoms with E-state index in [4.69, 9.17) is 0 Å². The van der Waals surface area contributed by atoms with Gasteiger partial charge in [-0.1, -0.05) is 22.0 Å². The number of amides is 1. The molecule has 2 rings (SSSR count). The van der Waals surface area contributed by atoms with E-state index in [1.54, 1.807) is 19.2 Å². The molecule has 0 saturated heterocycles. The van der Waals surface area contributed by atoms with Crippen LogP contribution in [0, 0.1) is 5.82 Å². The van der Waals surface area contributed by atoms with E-state index in [1.165, 1.54) is 29.8 Å². The zero-order valence-electron chi connectivity index (χ0n) is 12.8. The summed E-state index contributed by atoms with van der Waals surface area (Å²) < 4.78 is 13.6. The van der Waals surface area contributed by atoms with Crippen molar-refractivity contribution in [2.24, 2.45) is 10.1 Å². The van der Waals surface area contributed by atoms with Gasteiger partial charge in [-0.15, -0.1) is 0 Å². The van der Waals surface area contributed by atoms with E-state index in [0.717, 1.165) is 0 Å². The van der Waals surface area contributed by atoms with E-state index in [1.807, 2.05) is 0 Å². The predicted octanol–water partition coefficient (Wildman–Crippen LogP) is 2.64. The van der Waals surface area contributed by atoms with Gasteiger partial charge < -0.3 is 5.32 Å². The van der Waals surface area contributed by atoms with Crippen LogP contribution in [0.1, 0.15) is 5.56 Å². The number of aromatic nitrogens is 2. The van der Waals surface area contributed by atoms with Crippen LogP contribution in [0.3, 0.4) is 0 Å². The SMILES string of the molecule is C=N/C=N\N(C)c1cc(NC(=O)Cc2ccc(F)cc2Br)ncn1. The number of halogens is 2. The summed E-state index contributed by atoms with van der Waals surface area (Å²) in [5.41, 5.74) is 0.668. The first-order chi connectivity index (χ1) is 11.5. The lowest BCUT2D eigenvalue weighted by Crippen LogP contribution is -2.17. The van der Waals surface area contributed by atoms with Gasteiger partial charge in [0.15, 0.2) is 5.82 Å². The molecule has 0 aliphatic carbocycles. The summed E-state index contributed by atoms with van der Waals surface area (Å²) in [7, 11) is 1.67. The van der Waals surface area contributed by atoms with E-state index < -0.39 is 0 Å². The Hall–Kier alpha value is -2.68. The van der Waals surface area contributed by atoms with Crippen molar-refractivity contribution in [3.8, 4) is 0 Å². The Kier molecular flexibility index (Phi) is 6.07. The molecule has 1 heterocycles. The molecule has 1 amide bonds. The molecule has 7 nitrogen and oxygen atoms in total. The lowest BCUT2D eigenvalue weighted by atomic mass is 10.1. The molecule has 0 bridgehead atoms. The van der Waals surface area contributed by atoms with E-state index in [2.05, 4.69) is 48.0 Å². The summed E-state index contributed by atoms with van der Waals surface area (Å²) in [6, 6.07) is 5.73. The standard InChI is InChI=1S/C15H14BrFN6O/c1-18-8-21-23(2)14-7-13(19-9-20-14)22-15(24)5-10-3-4-11(17)6-12(10)16/h3-4,6-9H,1,5H2,2H3,(H,19,20,22,24)/b21-8-. The number of hydrogen-bond donors (Lipinski definition) is 1. The smallest absolute Gasteiger partial charge is 0.229 e. The van der Waals surface area contributed by atoms with Gasteiger partial charge in [-0.3, -0.25) is 9.79 Å². The largest absolute Gasteiger partial charge is 0.310 e. The van der Waals surface area contributed by atoms with Crippen molar-refractivity contribution in [3.63, 3.8) is 0 Å². The van der Waals surface area contributed by atoms with Crippen LogP contribution in [0.15, 0.2) is 45.2 Å². The molecular weight excluding hydrogens is 379 g/mol. The minimum Gasteiger partial charge on any atom is -0.310 e. The number of rotatable bonds is 6. The molecule has 0 radical (unpaired) electrons. The maximum atomic E-state index is 13.1. The average molecular weight is 393 g/mol. The predicted molar refractivity (Wildman–Crippen MR) is 94.9 cm³/mol. The van der Waals surface area contributed by atoms with Gasteiger partial charge in [0.25, 0.3) is 0 Å². The highest BCUT2D eigenvalue weighted by Crippen LogP contribution is 2.19. The average Bonchev–Trinajstić information content (AvgIpc) is 2.55. The van der Waals surface area contributed by atoms with Crippen molar-refractivity contribution in [1.82, 2.24) is 9.97 Å². The van der Waals surface area contributed by atoms with E-state index >= 15 is 0 Å². The lowest BCUT2D eigenvalue weighted by molar-refractivity contribution is -0.115. The van der Waals surface area contributed by atoms with Gasteiger partial charge in [0, 0.05) is 17.6 Å². The summed E-state index contributed by atoms with van der Waals surface area (Å²) in [4.78, 5) is 23.7. The van der Waals surface area contributed by atoms with E-state index in [0.29, 0.717) is 21.7 Å². The number of aliphatic imine (C=N–C) groups is 1. The molecule has 2 aromatic rings. The molecule has 0 saturated carbocycles. The second kappa shape index (κ2) is 8.25. The molecule has 1 aromatic heterocycles. The lowest BCUT2D eigenvalue weighted by Gasteiger charge is -2.12. The van der Waals surface area contributed by atoms with Crippen LogP contribution < -0.4 is 10.3 Å². The van der Waals surface area contributed by atoms with Crippen LogP contribution in [0.25, 0.3) is 0 Å². The highest BCUT2D eigenvalue weighted by Gasteiger charge is 2.10. The molecule has 0 spiro atoms. The number of nitrogens with one attached hydrogen (secondary N) is 1. The second-order valence-electron chi connectivity index (χ2n) is 4.66. The molecule has 124 valence electrons. The number of anilines is 2. The first-order valence-corrected chi connectivity index (χ1v) is 7.56. The Balaban J connectivity index is 2.06. The molecule has 1 N–H and O–H groups in total. The van der Waals surface area contributed by atoms with Gasteiger partial charge in [-0.05, 0) is 24.4 Å².